The molecule has 0 aliphatic carbocycles. The van der Waals surface area contributed by atoms with Crippen LogP contribution in [-0.4, -0.2) is 36.0 Å². The largest absolute Gasteiger partial charge is 0.376 e. The number of nitro groups is 1. The Morgan fingerprint density at radius 2 is 2.30 bits per heavy atom. The Morgan fingerprint density at radius 1 is 1.55 bits per heavy atom. The molecule has 1 aromatic rings. The number of anilines is 1. The van der Waals surface area contributed by atoms with Crippen molar-refractivity contribution in [2.45, 2.75) is 19.4 Å². The first-order valence-electron chi connectivity index (χ1n) is 6.65. The molecule has 1 heterocycles. The predicted octanol–water partition coefficient (Wildman–Crippen LogP) is 2.22. The number of nitrogens with one attached hydrogen (secondary N) is 1. The van der Waals surface area contributed by atoms with Crippen molar-refractivity contribution in [3.05, 3.63) is 33.9 Å². The first-order valence-corrected chi connectivity index (χ1v) is 6.65. The van der Waals surface area contributed by atoms with Crippen LogP contribution in [0.2, 0.25) is 0 Å². The molecule has 106 valence electrons. The second-order valence-corrected chi connectivity index (χ2v) is 5.38. The Hall–Kier alpha value is -2.13. The van der Waals surface area contributed by atoms with Gasteiger partial charge in [-0.3, -0.25) is 10.1 Å². The van der Waals surface area contributed by atoms with E-state index in [0.29, 0.717) is 17.2 Å². The van der Waals surface area contributed by atoms with Gasteiger partial charge >= 0.3 is 0 Å². The predicted molar refractivity (Wildman–Crippen MR) is 76.5 cm³/mol. The van der Waals surface area contributed by atoms with E-state index < -0.39 is 4.92 Å². The molecular formula is C14H18N4O2. The Labute approximate surface area is 118 Å². The number of likely N-dealkylation sites (tertiary alicyclic amines) is 1. The molecule has 1 saturated heterocycles. The molecule has 2 rings (SSSR count). The van der Waals surface area contributed by atoms with Crippen LogP contribution in [0, 0.1) is 27.4 Å². The van der Waals surface area contributed by atoms with E-state index in [9.17, 15) is 10.1 Å². The van der Waals surface area contributed by atoms with Gasteiger partial charge in [-0.1, -0.05) is 6.92 Å². The average Bonchev–Trinajstić information content (AvgIpc) is 2.42. The molecule has 1 aliphatic rings. The van der Waals surface area contributed by atoms with Crippen molar-refractivity contribution in [3.8, 4) is 6.07 Å². The summed E-state index contributed by atoms with van der Waals surface area (Å²) in [5.74, 6) is 0.420. The zero-order valence-electron chi connectivity index (χ0n) is 11.7. The lowest BCUT2D eigenvalue weighted by atomic mass is 9.94. The van der Waals surface area contributed by atoms with Crippen LogP contribution >= 0.6 is 0 Å². The fourth-order valence-electron chi connectivity index (χ4n) is 2.64. The van der Waals surface area contributed by atoms with Crippen molar-refractivity contribution in [1.29, 1.82) is 5.26 Å². The first-order chi connectivity index (χ1) is 9.51. The molecule has 0 bridgehead atoms. The van der Waals surface area contributed by atoms with Crippen molar-refractivity contribution in [2.24, 2.45) is 5.92 Å². The van der Waals surface area contributed by atoms with E-state index in [1.165, 1.54) is 6.07 Å². The minimum absolute atomic E-state index is 0.0322. The summed E-state index contributed by atoms with van der Waals surface area (Å²) in [4.78, 5) is 12.9. The number of hydrogen-bond donors (Lipinski definition) is 1. The molecule has 0 spiro atoms. The zero-order valence-corrected chi connectivity index (χ0v) is 11.7. The SMILES string of the molecule is CC1CN(C)CCC1Nc1ccc(C#N)cc1[N+](=O)[O-]. The fraction of sp³-hybridized carbons (Fsp3) is 0.500. The molecule has 2 unspecified atom stereocenters. The molecule has 0 saturated carbocycles. The van der Waals surface area contributed by atoms with Gasteiger partial charge in [-0.15, -0.1) is 0 Å². The smallest absolute Gasteiger partial charge is 0.293 e. The molecule has 1 N–H and O–H groups in total. The van der Waals surface area contributed by atoms with E-state index in [2.05, 4.69) is 24.2 Å². The topological polar surface area (TPSA) is 82.2 Å². The number of benzene rings is 1. The van der Waals surface area contributed by atoms with Crippen molar-refractivity contribution in [2.75, 3.05) is 25.5 Å². The van der Waals surface area contributed by atoms with Gasteiger partial charge in [-0.2, -0.15) is 5.26 Å². The van der Waals surface area contributed by atoms with E-state index in [0.717, 1.165) is 19.5 Å². The molecule has 0 radical (unpaired) electrons. The summed E-state index contributed by atoms with van der Waals surface area (Å²) in [7, 11) is 2.08. The van der Waals surface area contributed by atoms with Crippen molar-refractivity contribution in [3.63, 3.8) is 0 Å². The van der Waals surface area contributed by atoms with E-state index in [4.69, 9.17) is 5.26 Å². The Morgan fingerprint density at radius 3 is 2.90 bits per heavy atom. The van der Waals surface area contributed by atoms with Gasteiger partial charge in [0.05, 0.1) is 16.6 Å². The normalized spacial score (nSPS) is 23.1. The third kappa shape index (κ3) is 3.06. The van der Waals surface area contributed by atoms with Crippen LogP contribution < -0.4 is 5.32 Å². The summed E-state index contributed by atoms with van der Waals surface area (Å²) in [5, 5.41) is 23.2. The van der Waals surface area contributed by atoms with E-state index in [-0.39, 0.29) is 11.7 Å². The van der Waals surface area contributed by atoms with Gasteiger partial charge in [0.25, 0.3) is 5.69 Å². The summed E-state index contributed by atoms with van der Waals surface area (Å²) in [6.45, 7) is 4.09. The maximum atomic E-state index is 11.1. The highest BCUT2D eigenvalue weighted by atomic mass is 16.6. The monoisotopic (exact) mass is 274 g/mol. The molecule has 6 heteroatoms. The number of rotatable bonds is 3. The van der Waals surface area contributed by atoms with Gasteiger partial charge in [-0.05, 0) is 38.1 Å². The van der Waals surface area contributed by atoms with E-state index in [1.807, 2.05) is 6.07 Å². The lowest BCUT2D eigenvalue weighted by Crippen LogP contribution is -2.43. The molecule has 6 nitrogen and oxygen atoms in total. The molecule has 2 atom stereocenters. The average molecular weight is 274 g/mol. The summed E-state index contributed by atoms with van der Waals surface area (Å²) < 4.78 is 0. The summed E-state index contributed by atoms with van der Waals surface area (Å²) in [5.41, 5.74) is 0.768. The molecule has 0 amide bonds. The van der Waals surface area contributed by atoms with Gasteiger partial charge < -0.3 is 10.2 Å². The minimum Gasteiger partial charge on any atom is -0.376 e. The number of piperidine rings is 1. The maximum absolute atomic E-state index is 11.1. The van der Waals surface area contributed by atoms with Crippen molar-refractivity contribution in [1.82, 2.24) is 4.90 Å². The Balaban J connectivity index is 2.21. The van der Waals surface area contributed by atoms with Crippen LogP contribution in [0.5, 0.6) is 0 Å². The lowest BCUT2D eigenvalue weighted by Gasteiger charge is -2.35. The van der Waals surface area contributed by atoms with Gasteiger partial charge in [0, 0.05) is 18.7 Å². The molecule has 1 aromatic carbocycles. The lowest BCUT2D eigenvalue weighted by molar-refractivity contribution is -0.384. The Kier molecular flexibility index (Phi) is 4.20. The van der Waals surface area contributed by atoms with Crippen LogP contribution in [0.25, 0.3) is 0 Å². The molecule has 1 aliphatic heterocycles. The van der Waals surface area contributed by atoms with Crippen LogP contribution in [0.1, 0.15) is 18.9 Å². The van der Waals surface area contributed by atoms with E-state index in [1.54, 1.807) is 12.1 Å². The number of nitriles is 1. The molecule has 0 aromatic heterocycles. The minimum atomic E-state index is -0.442. The summed E-state index contributed by atoms with van der Waals surface area (Å²) >= 11 is 0. The second kappa shape index (κ2) is 5.88. The van der Waals surface area contributed by atoms with Crippen molar-refractivity contribution < 1.29 is 4.92 Å². The van der Waals surface area contributed by atoms with Gasteiger partial charge in [0.1, 0.15) is 5.69 Å². The van der Waals surface area contributed by atoms with Crippen LogP contribution in [0.15, 0.2) is 18.2 Å². The molecular weight excluding hydrogens is 256 g/mol. The van der Waals surface area contributed by atoms with Gasteiger partial charge in [0.15, 0.2) is 0 Å². The Bertz CT molecular complexity index is 553. The summed E-state index contributed by atoms with van der Waals surface area (Å²) in [6.07, 6.45) is 0.953. The zero-order chi connectivity index (χ0) is 14.7. The highest BCUT2D eigenvalue weighted by Crippen LogP contribution is 2.28. The highest BCUT2D eigenvalue weighted by molar-refractivity contribution is 5.64. The third-order valence-corrected chi connectivity index (χ3v) is 3.77. The number of hydrogen-bond acceptors (Lipinski definition) is 5. The van der Waals surface area contributed by atoms with Gasteiger partial charge in [-0.25, -0.2) is 0 Å². The van der Waals surface area contributed by atoms with E-state index >= 15 is 0 Å². The van der Waals surface area contributed by atoms with Crippen LogP contribution in [0.3, 0.4) is 0 Å². The van der Waals surface area contributed by atoms with Gasteiger partial charge in [0.2, 0.25) is 0 Å². The number of nitrogens with zero attached hydrogens (tertiary/aromatic N) is 3. The fourth-order valence-corrected chi connectivity index (χ4v) is 2.64. The molecule has 1 fully saturated rings. The number of nitro benzene ring substituents is 1. The third-order valence-electron chi connectivity index (χ3n) is 3.77. The second-order valence-electron chi connectivity index (χ2n) is 5.38. The molecule has 20 heavy (non-hydrogen) atoms. The van der Waals surface area contributed by atoms with Crippen LogP contribution in [-0.2, 0) is 0 Å². The van der Waals surface area contributed by atoms with Crippen molar-refractivity contribution >= 4 is 11.4 Å². The quantitative estimate of drug-likeness (QED) is 0.675. The highest BCUT2D eigenvalue weighted by Gasteiger charge is 2.26. The first kappa shape index (κ1) is 14.3. The maximum Gasteiger partial charge on any atom is 0.293 e. The standard InChI is InChI=1S/C14H18N4O2/c1-10-9-17(2)6-5-12(10)16-13-4-3-11(8-15)7-14(13)18(19)20/h3-4,7,10,12,16H,5-6,9H2,1-2H3. The summed E-state index contributed by atoms with van der Waals surface area (Å²) in [6, 6.07) is 6.70. The van der Waals surface area contributed by atoms with Crippen LogP contribution in [0.4, 0.5) is 11.4 Å².